The normalized spacial score (nSPS) is 13.5. The fraction of sp³-hybridized carbons (Fsp3) is 0.429. The molecule has 3 aromatic rings. The van der Waals surface area contributed by atoms with Crippen LogP contribution in [0.15, 0.2) is 37.3 Å². The summed E-state index contributed by atoms with van der Waals surface area (Å²) in [6.45, 7) is 7.39. The summed E-state index contributed by atoms with van der Waals surface area (Å²) in [5.74, 6) is 0.733. The van der Waals surface area contributed by atoms with E-state index in [1.54, 1.807) is 18.6 Å². The molecule has 0 spiro atoms. The van der Waals surface area contributed by atoms with Gasteiger partial charge in [-0.05, 0) is 5.41 Å². The molecule has 0 unspecified atom stereocenters. The molecule has 0 aliphatic carbocycles. The van der Waals surface area contributed by atoms with Crippen molar-refractivity contribution in [2.45, 2.75) is 33.4 Å². The van der Waals surface area contributed by atoms with Crippen LogP contribution in [0.25, 0.3) is 11.5 Å². The quantitative estimate of drug-likeness (QED) is 0.796. The molecule has 0 amide bonds. The summed E-state index contributed by atoms with van der Waals surface area (Å²) in [6, 6.07) is 0.169. The van der Waals surface area contributed by atoms with E-state index >= 15 is 0 Å². The van der Waals surface area contributed by atoms with Crippen LogP contribution in [-0.4, -0.2) is 34.5 Å². The summed E-state index contributed by atoms with van der Waals surface area (Å²) in [5, 5.41) is 8.51. The first-order valence-electron chi connectivity index (χ1n) is 6.91. The summed E-state index contributed by atoms with van der Waals surface area (Å²) in [5.41, 5.74) is 0.790. The van der Waals surface area contributed by atoms with E-state index in [0.717, 1.165) is 18.1 Å². The minimum absolute atomic E-state index is 0.0401. The lowest BCUT2D eigenvalue weighted by Crippen LogP contribution is -2.28. The number of hydrogen-bond donors (Lipinski definition) is 1. The molecule has 0 fully saturated rings. The van der Waals surface area contributed by atoms with Gasteiger partial charge in [0.1, 0.15) is 5.69 Å². The number of H-pyrrole nitrogens is 1. The maximum absolute atomic E-state index is 4.29. The Hall–Kier alpha value is -2.44. The molecule has 0 saturated carbocycles. The highest BCUT2D eigenvalue weighted by atomic mass is 15.4. The van der Waals surface area contributed by atoms with Gasteiger partial charge in [-0.15, -0.1) is 5.10 Å². The molecule has 3 aromatic heterocycles. The highest BCUT2D eigenvalue weighted by Gasteiger charge is 2.28. The van der Waals surface area contributed by atoms with Crippen LogP contribution >= 0.6 is 0 Å². The van der Waals surface area contributed by atoms with Gasteiger partial charge in [0.25, 0.3) is 0 Å². The summed E-state index contributed by atoms with van der Waals surface area (Å²) >= 11 is 0. The first-order valence-corrected chi connectivity index (χ1v) is 6.91. The van der Waals surface area contributed by atoms with Crippen molar-refractivity contribution < 1.29 is 0 Å². The molecule has 0 aromatic carbocycles. The zero-order valence-corrected chi connectivity index (χ0v) is 12.4. The van der Waals surface area contributed by atoms with Crippen molar-refractivity contribution in [1.82, 2.24) is 34.5 Å². The Kier molecular flexibility index (Phi) is 3.32. The zero-order chi connectivity index (χ0) is 14.9. The Morgan fingerprint density at radius 1 is 1.29 bits per heavy atom. The van der Waals surface area contributed by atoms with E-state index in [0.29, 0.717) is 0 Å². The Bertz CT molecular complexity index is 673. The fourth-order valence-electron chi connectivity index (χ4n) is 2.29. The SMILES string of the molecule is CC(C)(C)[C@H](Cn1ccnc1)n1cc(-c2ncc[nH]2)nn1. The van der Waals surface area contributed by atoms with E-state index < -0.39 is 0 Å². The monoisotopic (exact) mass is 285 g/mol. The van der Waals surface area contributed by atoms with E-state index in [2.05, 4.69) is 50.6 Å². The van der Waals surface area contributed by atoms with Crippen LogP contribution in [0.3, 0.4) is 0 Å². The highest BCUT2D eigenvalue weighted by Crippen LogP contribution is 2.31. The molecule has 1 atom stereocenters. The molecular formula is C14H19N7. The highest BCUT2D eigenvalue weighted by molar-refractivity contribution is 5.45. The number of nitrogens with zero attached hydrogens (tertiary/aromatic N) is 6. The molecule has 21 heavy (non-hydrogen) atoms. The van der Waals surface area contributed by atoms with Crippen LogP contribution < -0.4 is 0 Å². The third-order valence-electron chi connectivity index (χ3n) is 3.51. The average molecular weight is 285 g/mol. The summed E-state index contributed by atoms with van der Waals surface area (Å²) < 4.78 is 3.97. The minimum atomic E-state index is 0.0401. The van der Waals surface area contributed by atoms with Crippen molar-refractivity contribution in [3.8, 4) is 11.5 Å². The lowest BCUT2D eigenvalue weighted by molar-refractivity contribution is 0.196. The summed E-state index contributed by atoms with van der Waals surface area (Å²) in [7, 11) is 0. The van der Waals surface area contributed by atoms with Crippen LogP contribution in [0.2, 0.25) is 0 Å². The minimum Gasteiger partial charge on any atom is -0.343 e. The number of rotatable bonds is 4. The number of nitrogens with one attached hydrogen (secondary N) is 1. The second kappa shape index (κ2) is 5.16. The summed E-state index contributed by atoms with van der Waals surface area (Å²) in [6.07, 6.45) is 11.0. The van der Waals surface area contributed by atoms with Gasteiger partial charge in [-0.2, -0.15) is 0 Å². The first-order chi connectivity index (χ1) is 10.0. The van der Waals surface area contributed by atoms with Crippen LogP contribution in [0.1, 0.15) is 26.8 Å². The van der Waals surface area contributed by atoms with E-state index in [-0.39, 0.29) is 11.5 Å². The lowest BCUT2D eigenvalue weighted by Gasteiger charge is -2.30. The molecule has 0 aliphatic rings. The predicted molar refractivity (Wildman–Crippen MR) is 78.3 cm³/mol. The van der Waals surface area contributed by atoms with Crippen molar-refractivity contribution in [3.05, 3.63) is 37.3 Å². The molecule has 0 saturated heterocycles. The van der Waals surface area contributed by atoms with Gasteiger partial charge in [0.2, 0.25) is 0 Å². The van der Waals surface area contributed by atoms with Gasteiger partial charge < -0.3 is 9.55 Å². The largest absolute Gasteiger partial charge is 0.343 e. The van der Waals surface area contributed by atoms with Gasteiger partial charge in [-0.25, -0.2) is 14.6 Å². The Morgan fingerprint density at radius 3 is 2.76 bits per heavy atom. The maximum Gasteiger partial charge on any atom is 0.159 e. The van der Waals surface area contributed by atoms with Gasteiger partial charge in [-0.3, -0.25) is 0 Å². The third-order valence-corrected chi connectivity index (χ3v) is 3.51. The van der Waals surface area contributed by atoms with E-state index in [1.165, 1.54) is 0 Å². The van der Waals surface area contributed by atoms with Crippen LogP contribution in [0, 0.1) is 5.41 Å². The van der Waals surface area contributed by atoms with E-state index in [1.807, 2.05) is 23.4 Å². The standard InChI is InChI=1S/C14H19N7/c1-14(2,3)12(9-20-7-6-15-10-20)21-8-11(18-19-21)13-16-4-5-17-13/h4-8,10,12H,9H2,1-3H3,(H,16,17)/t12-/m0/s1. The van der Waals surface area contributed by atoms with Gasteiger partial charge in [0.05, 0.1) is 18.6 Å². The fourth-order valence-corrected chi connectivity index (χ4v) is 2.29. The second-order valence-electron chi connectivity index (χ2n) is 6.16. The topological polar surface area (TPSA) is 77.2 Å². The molecular weight excluding hydrogens is 266 g/mol. The van der Waals surface area contributed by atoms with E-state index in [4.69, 9.17) is 0 Å². The molecule has 1 N–H and O–H groups in total. The van der Waals surface area contributed by atoms with Gasteiger partial charge in [-0.1, -0.05) is 26.0 Å². The van der Waals surface area contributed by atoms with Gasteiger partial charge >= 0.3 is 0 Å². The zero-order valence-electron chi connectivity index (χ0n) is 12.4. The smallest absolute Gasteiger partial charge is 0.159 e. The van der Waals surface area contributed by atoms with Crippen LogP contribution in [-0.2, 0) is 6.54 Å². The molecule has 7 heteroatoms. The lowest BCUT2D eigenvalue weighted by atomic mass is 9.86. The van der Waals surface area contributed by atoms with Crippen molar-refractivity contribution in [2.75, 3.05) is 0 Å². The first kappa shape index (κ1) is 13.5. The molecule has 3 rings (SSSR count). The average Bonchev–Trinajstić information content (AvgIpc) is 3.16. The van der Waals surface area contributed by atoms with Crippen LogP contribution in [0.4, 0.5) is 0 Å². The number of imidazole rings is 2. The molecule has 3 heterocycles. The Balaban J connectivity index is 1.90. The van der Waals surface area contributed by atoms with Crippen LogP contribution in [0.5, 0.6) is 0 Å². The van der Waals surface area contributed by atoms with Gasteiger partial charge in [0.15, 0.2) is 5.82 Å². The second-order valence-corrected chi connectivity index (χ2v) is 6.16. The molecule has 0 radical (unpaired) electrons. The molecule has 110 valence electrons. The molecule has 0 bridgehead atoms. The number of aromatic amines is 1. The van der Waals surface area contributed by atoms with Crippen molar-refractivity contribution >= 4 is 0 Å². The molecule has 7 nitrogen and oxygen atoms in total. The maximum atomic E-state index is 4.29. The summed E-state index contributed by atoms with van der Waals surface area (Å²) in [4.78, 5) is 11.4. The third kappa shape index (κ3) is 2.86. The van der Waals surface area contributed by atoms with Gasteiger partial charge in [0, 0.05) is 31.3 Å². The molecule has 0 aliphatic heterocycles. The Labute approximate surface area is 123 Å². The number of aromatic nitrogens is 7. The van der Waals surface area contributed by atoms with Crippen molar-refractivity contribution in [1.29, 1.82) is 0 Å². The number of hydrogen-bond acceptors (Lipinski definition) is 4. The Morgan fingerprint density at radius 2 is 2.14 bits per heavy atom. The predicted octanol–water partition coefficient (Wildman–Crippen LogP) is 2.15. The van der Waals surface area contributed by atoms with Crippen molar-refractivity contribution in [2.24, 2.45) is 5.41 Å². The van der Waals surface area contributed by atoms with Crippen molar-refractivity contribution in [3.63, 3.8) is 0 Å². The van der Waals surface area contributed by atoms with E-state index in [9.17, 15) is 0 Å².